The van der Waals surface area contributed by atoms with Gasteiger partial charge in [0.25, 0.3) is 0 Å². The van der Waals surface area contributed by atoms with E-state index in [1.54, 1.807) is 27.7 Å². The van der Waals surface area contributed by atoms with Crippen LogP contribution >= 0.6 is 0 Å². The Bertz CT molecular complexity index is 232. The first kappa shape index (κ1) is 23.3. The van der Waals surface area contributed by atoms with Crippen molar-refractivity contribution in [2.75, 3.05) is 0 Å². The molecule has 0 radical (unpaired) electrons. The Hall–Kier alpha value is 2.21. The second kappa shape index (κ2) is 9.17. The number of aliphatic carboxylic acids is 2. The van der Waals surface area contributed by atoms with Gasteiger partial charge in [0, 0.05) is 0 Å². The van der Waals surface area contributed by atoms with Gasteiger partial charge < -0.3 is 19.8 Å². The van der Waals surface area contributed by atoms with E-state index in [-0.39, 0.29) is 109 Å². The largest absolute Gasteiger partial charge is 1.00 e. The van der Waals surface area contributed by atoms with Crippen LogP contribution in [0.5, 0.6) is 0 Å². The van der Waals surface area contributed by atoms with Crippen molar-refractivity contribution in [2.45, 2.75) is 40.5 Å². The van der Waals surface area contributed by atoms with Gasteiger partial charge >= 0.3 is 103 Å². The van der Waals surface area contributed by atoms with Gasteiger partial charge in [-0.25, -0.2) is 0 Å². The van der Waals surface area contributed by atoms with E-state index < -0.39 is 22.8 Å². The molecule has 0 saturated heterocycles. The van der Waals surface area contributed by atoms with Crippen LogP contribution in [0.15, 0.2) is 0 Å². The van der Waals surface area contributed by atoms with E-state index in [9.17, 15) is 19.8 Å². The third-order valence-electron chi connectivity index (χ3n) is 2.60. The number of carboxylic acid groups (broad SMARTS) is 2. The molecule has 0 aromatic rings. The fourth-order valence-corrected chi connectivity index (χ4v) is 1.65. The number of rotatable bonds is 4. The average molecular weight is 278 g/mol. The summed E-state index contributed by atoms with van der Waals surface area (Å²) in [7, 11) is 0. The molecule has 0 aromatic heterocycles. The summed E-state index contributed by atoms with van der Waals surface area (Å²) in [5, 5.41) is 21.9. The molecule has 0 aliphatic heterocycles. The van der Waals surface area contributed by atoms with Gasteiger partial charge in [0.2, 0.25) is 0 Å². The van der Waals surface area contributed by atoms with Gasteiger partial charge in [-0.2, -0.15) is 0 Å². The zero-order valence-electron chi connectivity index (χ0n) is 11.0. The van der Waals surface area contributed by atoms with Crippen LogP contribution in [0.3, 0.4) is 0 Å². The second-order valence-corrected chi connectivity index (χ2v) is 4.48. The van der Waals surface area contributed by atoms with Gasteiger partial charge in [-0.05, 0) is 11.8 Å². The van der Waals surface area contributed by atoms with Crippen LogP contribution in [0.1, 0.15) is 40.5 Å². The Balaban J connectivity index is -0.000000845. The maximum Gasteiger partial charge on any atom is 1.00 e. The maximum atomic E-state index is 11.0. The number of hydrogen-bond acceptors (Lipinski definition) is 4. The molecule has 82 valence electrons. The summed E-state index contributed by atoms with van der Waals surface area (Å²) in [4.78, 5) is 21.9. The molecule has 0 aliphatic rings. The van der Waals surface area contributed by atoms with Gasteiger partial charge in [0.15, 0.2) is 0 Å². The molecule has 0 atom stereocenters. The second-order valence-electron chi connectivity index (χ2n) is 4.48. The summed E-state index contributed by atoms with van der Waals surface area (Å²) in [5.41, 5.74) is -2.82. The normalized spacial score (nSPS) is 11.0. The quantitative estimate of drug-likeness (QED) is 0.378. The van der Waals surface area contributed by atoms with E-state index in [1.165, 1.54) is 0 Å². The van der Waals surface area contributed by atoms with Crippen molar-refractivity contribution < 1.29 is 123 Å². The number of carbonyl (C=O) groups excluding carboxylic acids is 2. The predicted molar refractivity (Wildman–Crippen MR) is 46.8 cm³/mol. The summed E-state index contributed by atoms with van der Waals surface area (Å²) in [6.45, 7) is 6.42. The van der Waals surface area contributed by atoms with Crippen molar-refractivity contribution in [3.63, 3.8) is 0 Å². The van der Waals surface area contributed by atoms with Crippen LogP contribution in [0.25, 0.3) is 0 Å². The van der Waals surface area contributed by atoms with Gasteiger partial charge in [0.1, 0.15) is 0 Å². The van der Waals surface area contributed by atoms with Crippen molar-refractivity contribution in [1.29, 1.82) is 0 Å². The molecule has 0 aliphatic carbocycles. The van der Waals surface area contributed by atoms with Gasteiger partial charge in [-0.15, -0.1) is 0 Å². The minimum atomic E-state index is -1.90. The third kappa shape index (κ3) is 5.07. The Morgan fingerprint density at radius 3 is 1.38 bits per heavy atom. The zero-order chi connectivity index (χ0) is 11.6. The molecule has 0 rings (SSSR count). The van der Waals surface area contributed by atoms with E-state index in [0.717, 1.165) is 0 Å². The van der Waals surface area contributed by atoms with E-state index in [0.29, 0.717) is 6.42 Å². The standard InChI is InChI=1S/C10H18O4.2K/c1-5-6-10(7(11)12,8(13)14)9(2,3)4;;/h5-6H2,1-4H3,(H,11,12)(H,13,14);;/q;2*+1/p-2. The molecule has 0 fully saturated rings. The third-order valence-corrected chi connectivity index (χ3v) is 2.60. The van der Waals surface area contributed by atoms with E-state index in [2.05, 4.69) is 0 Å². The monoisotopic (exact) mass is 278 g/mol. The summed E-state index contributed by atoms with van der Waals surface area (Å²) in [5.74, 6) is -3.13. The van der Waals surface area contributed by atoms with Crippen molar-refractivity contribution in [3.8, 4) is 0 Å². The molecule has 0 saturated carbocycles. The zero-order valence-corrected chi connectivity index (χ0v) is 17.3. The fraction of sp³-hybridized carbons (Fsp3) is 0.800. The maximum absolute atomic E-state index is 11.0. The van der Waals surface area contributed by atoms with Crippen molar-refractivity contribution in [3.05, 3.63) is 0 Å². The molecular formula is C10H16K2O4. The minimum absolute atomic E-state index is 0. The summed E-state index contributed by atoms with van der Waals surface area (Å²) in [6.07, 6.45) is 0.487. The molecule has 16 heavy (non-hydrogen) atoms. The number of carboxylic acids is 2. The molecule has 0 heterocycles. The van der Waals surface area contributed by atoms with Gasteiger partial charge in [-0.1, -0.05) is 34.1 Å². The van der Waals surface area contributed by atoms with E-state index in [4.69, 9.17) is 0 Å². The SMILES string of the molecule is CCCC(C(=O)[O-])(C(=O)[O-])C(C)(C)C.[K+].[K+]. The van der Waals surface area contributed by atoms with Crippen molar-refractivity contribution in [2.24, 2.45) is 10.8 Å². The van der Waals surface area contributed by atoms with Crippen LogP contribution in [0.2, 0.25) is 0 Å². The molecule has 6 heteroatoms. The molecule has 4 nitrogen and oxygen atoms in total. The van der Waals surface area contributed by atoms with Crippen molar-refractivity contribution >= 4 is 11.9 Å². The summed E-state index contributed by atoms with van der Waals surface area (Å²) < 4.78 is 0. The molecule has 0 bridgehead atoms. The smallest absolute Gasteiger partial charge is 0.549 e. The molecular weight excluding hydrogens is 262 g/mol. The first-order valence-corrected chi connectivity index (χ1v) is 4.63. The predicted octanol–water partition coefficient (Wildman–Crippen LogP) is -6.67. The Labute approximate surface area is 182 Å². The first-order chi connectivity index (χ1) is 6.20. The van der Waals surface area contributed by atoms with Crippen LogP contribution < -0.4 is 113 Å². The molecule has 0 aromatic carbocycles. The first-order valence-electron chi connectivity index (χ1n) is 4.63. The Kier molecular flexibility index (Phi) is 13.4. The van der Waals surface area contributed by atoms with Crippen LogP contribution in [0.4, 0.5) is 0 Å². The summed E-state index contributed by atoms with van der Waals surface area (Å²) >= 11 is 0. The Morgan fingerprint density at radius 1 is 1.00 bits per heavy atom. The van der Waals surface area contributed by atoms with Crippen molar-refractivity contribution in [1.82, 2.24) is 0 Å². The number of hydrogen-bond donors (Lipinski definition) is 0. The van der Waals surface area contributed by atoms with Crippen LogP contribution in [0, 0.1) is 10.8 Å². The number of carbonyl (C=O) groups is 2. The van der Waals surface area contributed by atoms with Crippen LogP contribution in [-0.4, -0.2) is 11.9 Å². The average Bonchev–Trinajstić information content (AvgIpc) is 1.95. The molecule has 0 N–H and O–H groups in total. The summed E-state index contributed by atoms with van der Waals surface area (Å²) in [6, 6.07) is 0. The van der Waals surface area contributed by atoms with Gasteiger partial charge in [0.05, 0.1) is 17.4 Å². The van der Waals surface area contributed by atoms with E-state index in [1.807, 2.05) is 0 Å². The molecule has 0 amide bonds. The minimum Gasteiger partial charge on any atom is -0.549 e. The van der Waals surface area contributed by atoms with E-state index >= 15 is 0 Å². The van der Waals surface area contributed by atoms with Crippen LogP contribution in [-0.2, 0) is 9.59 Å². The fourth-order valence-electron chi connectivity index (χ4n) is 1.65. The topological polar surface area (TPSA) is 80.3 Å². The molecule has 0 spiro atoms. The Morgan fingerprint density at radius 2 is 1.31 bits per heavy atom. The van der Waals surface area contributed by atoms with Gasteiger partial charge in [-0.3, -0.25) is 0 Å². The molecule has 0 unspecified atom stereocenters.